The van der Waals surface area contributed by atoms with E-state index in [4.69, 9.17) is 0 Å². The first kappa shape index (κ1) is 16.5. The fourth-order valence-corrected chi connectivity index (χ4v) is 5.04. The van der Waals surface area contributed by atoms with E-state index in [1.54, 1.807) is 0 Å². The molecule has 0 aromatic heterocycles. The number of amides is 3. The zero-order valence-electron chi connectivity index (χ0n) is 13.9. The Hall–Kier alpha value is -2.64. The van der Waals surface area contributed by atoms with Crippen molar-refractivity contribution in [1.29, 1.82) is 0 Å². The number of rotatable bonds is 2. The van der Waals surface area contributed by atoms with Crippen LogP contribution in [0.2, 0.25) is 0 Å². The van der Waals surface area contributed by atoms with Crippen LogP contribution in [-0.4, -0.2) is 22.7 Å². The molecular weight excluding hydrogens is 361 g/mol. The highest BCUT2D eigenvalue weighted by molar-refractivity contribution is 6.08. The molecule has 2 saturated carbocycles. The summed E-state index contributed by atoms with van der Waals surface area (Å²) in [6.45, 7) is 0. The average molecular weight is 376 g/mol. The molecule has 1 saturated heterocycles. The molecule has 0 radical (unpaired) electrons. The topological polar surface area (TPSA) is 66.5 Å². The van der Waals surface area contributed by atoms with Crippen LogP contribution < -0.4 is 5.43 Å². The van der Waals surface area contributed by atoms with E-state index in [-0.39, 0.29) is 17.4 Å². The van der Waals surface area contributed by atoms with Crippen molar-refractivity contribution in [2.75, 3.05) is 0 Å². The smallest absolute Gasteiger partial charge is 0.272 e. The van der Waals surface area contributed by atoms with Crippen molar-refractivity contribution < 1.29 is 27.6 Å². The average Bonchev–Trinajstić information content (AvgIpc) is 3.42. The largest absolute Gasteiger partial charge is 0.416 e. The molecule has 2 bridgehead atoms. The first-order valence-electron chi connectivity index (χ1n) is 8.82. The summed E-state index contributed by atoms with van der Waals surface area (Å²) in [5.74, 6) is -1.54. The van der Waals surface area contributed by atoms with Crippen LogP contribution in [0.15, 0.2) is 36.4 Å². The Kier molecular flexibility index (Phi) is 3.19. The van der Waals surface area contributed by atoms with Gasteiger partial charge in [0.1, 0.15) is 0 Å². The predicted molar refractivity (Wildman–Crippen MR) is 85.5 cm³/mol. The number of hydrogen-bond donors (Lipinski definition) is 1. The molecule has 5 nitrogen and oxygen atoms in total. The van der Waals surface area contributed by atoms with Gasteiger partial charge in [0.25, 0.3) is 17.7 Å². The van der Waals surface area contributed by atoms with Gasteiger partial charge in [-0.05, 0) is 54.4 Å². The third-order valence-electron chi connectivity index (χ3n) is 6.35. The minimum Gasteiger partial charge on any atom is -0.272 e. The second-order valence-electron chi connectivity index (χ2n) is 7.68. The minimum absolute atomic E-state index is 0.0365. The van der Waals surface area contributed by atoms with Gasteiger partial charge in [-0.25, -0.2) is 0 Å². The van der Waals surface area contributed by atoms with Gasteiger partial charge in [0.15, 0.2) is 0 Å². The Labute approximate surface area is 152 Å². The highest BCUT2D eigenvalue weighted by Crippen LogP contribution is 2.65. The van der Waals surface area contributed by atoms with E-state index in [1.807, 2.05) is 12.2 Å². The summed E-state index contributed by atoms with van der Waals surface area (Å²) in [6, 6.07) is 3.63. The zero-order chi connectivity index (χ0) is 19.1. The van der Waals surface area contributed by atoms with E-state index in [2.05, 4.69) is 5.43 Å². The molecule has 1 aliphatic heterocycles. The third kappa shape index (κ3) is 2.28. The van der Waals surface area contributed by atoms with Crippen LogP contribution in [0.4, 0.5) is 13.2 Å². The van der Waals surface area contributed by atoms with Crippen molar-refractivity contribution in [3.63, 3.8) is 0 Å². The van der Waals surface area contributed by atoms with E-state index in [9.17, 15) is 27.6 Å². The molecule has 3 amide bonds. The Bertz CT molecular complexity index is 856. The quantitative estimate of drug-likeness (QED) is 0.637. The van der Waals surface area contributed by atoms with Crippen LogP contribution in [0.1, 0.15) is 22.3 Å². The lowest BCUT2D eigenvalue weighted by atomic mass is 9.63. The summed E-state index contributed by atoms with van der Waals surface area (Å²) in [4.78, 5) is 37.9. The van der Waals surface area contributed by atoms with Gasteiger partial charge in [0, 0.05) is 5.56 Å². The molecule has 8 heteroatoms. The number of benzene rings is 1. The first-order chi connectivity index (χ1) is 12.8. The lowest BCUT2D eigenvalue weighted by Gasteiger charge is -2.37. The van der Waals surface area contributed by atoms with Crippen molar-refractivity contribution in [2.24, 2.45) is 35.5 Å². The molecule has 0 spiro atoms. The fourth-order valence-electron chi connectivity index (χ4n) is 5.04. The van der Waals surface area contributed by atoms with Gasteiger partial charge in [-0.1, -0.05) is 12.2 Å². The molecule has 3 fully saturated rings. The Morgan fingerprint density at radius 2 is 1.48 bits per heavy atom. The van der Waals surface area contributed by atoms with Gasteiger partial charge >= 0.3 is 6.18 Å². The lowest BCUT2D eigenvalue weighted by molar-refractivity contribution is -0.143. The van der Waals surface area contributed by atoms with E-state index >= 15 is 0 Å². The van der Waals surface area contributed by atoms with Crippen LogP contribution in [0.5, 0.6) is 0 Å². The highest BCUT2D eigenvalue weighted by Gasteiger charge is 2.67. The molecule has 1 aromatic carbocycles. The molecule has 27 heavy (non-hydrogen) atoms. The number of hydrogen-bond acceptors (Lipinski definition) is 3. The zero-order valence-corrected chi connectivity index (χ0v) is 13.9. The lowest BCUT2D eigenvalue weighted by Crippen LogP contribution is -2.46. The van der Waals surface area contributed by atoms with Crippen molar-refractivity contribution in [1.82, 2.24) is 10.4 Å². The first-order valence-corrected chi connectivity index (χ1v) is 8.82. The van der Waals surface area contributed by atoms with Crippen molar-refractivity contribution in [3.05, 3.63) is 47.5 Å². The number of allylic oxidation sites excluding steroid dienone is 2. The molecule has 6 rings (SSSR count). The van der Waals surface area contributed by atoms with Gasteiger partial charge in [0.2, 0.25) is 0 Å². The molecule has 1 heterocycles. The van der Waals surface area contributed by atoms with Gasteiger partial charge < -0.3 is 0 Å². The minimum atomic E-state index is -4.50. The van der Waals surface area contributed by atoms with Crippen LogP contribution >= 0.6 is 0 Å². The van der Waals surface area contributed by atoms with Crippen LogP contribution in [-0.2, 0) is 15.8 Å². The van der Waals surface area contributed by atoms with Crippen LogP contribution in [0, 0.1) is 35.5 Å². The number of alkyl halides is 3. The number of imide groups is 1. The van der Waals surface area contributed by atoms with E-state index in [0.717, 1.165) is 35.7 Å². The normalized spacial score (nSPS) is 35.9. The molecule has 1 aromatic rings. The van der Waals surface area contributed by atoms with Gasteiger partial charge in [0.05, 0.1) is 17.4 Å². The Morgan fingerprint density at radius 3 is 1.96 bits per heavy atom. The SMILES string of the molecule is O=C(NN1C(=O)C2C3C=CC(C4CC34)[C@@H]2C1=O)c1ccc(C(F)(F)F)cc1. The number of nitrogens with one attached hydrogen (secondary N) is 1. The summed E-state index contributed by atoms with van der Waals surface area (Å²) in [6.07, 6.45) is 0.575. The predicted octanol–water partition coefficient (Wildman–Crippen LogP) is 2.40. The van der Waals surface area contributed by atoms with Crippen molar-refractivity contribution in [2.45, 2.75) is 12.6 Å². The number of nitrogens with zero attached hydrogens (tertiary/aromatic N) is 1. The molecular formula is C19H15F3N2O3. The fraction of sp³-hybridized carbons (Fsp3) is 0.421. The summed E-state index contributed by atoms with van der Waals surface area (Å²) in [5, 5.41) is 0.771. The van der Waals surface area contributed by atoms with Gasteiger partial charge in [-0.3, -0.25) is 19.8 Å². The molecule has 1 N–H and O–H groups in total. The Balaban J connectivity index is 1.35. The molecule has 140 valence electrons. The summed E-state index contributed by atoms with van der Waals surface area (Å²) in [7, 11) is 0. The standard InChI is InChI=1S/C19H15F3N2O3/c20-19(21,22)9-3-1-8(2-4-9)16(25)23-24-17(26)14-10-5-6-11(13-7-12(10)13)15(14)18(24)27/h1-6,10-15H,7H2,(H,23,25)/t10?,11?,12?,13?,14-,15?/m0/s1. The second kappa shape index (κ2) is 5.21. The molecule has 4 aliphatic carbocycles. The summed E-state index contributed by atoms with van der Waals surface area (Å²) >= 11 is 0. The Morgan fingerprint density at radius 1 is 0.963 bits per heavy atom. The van der Waals surface area contributed by atoms with Crippen molar-refractivity contribution in [3.8, 4) is 0 Å². The number of carbonyl (C=O) groups excluding carboxylic acids is 3. The van der Waals surface area contributed by atoms with Crippen LogP contribution in [0.3, 0.4) is 0 Å². The van der Waals surface area contributed by atoms with E-state index < -0.39 is 41.3 Å². The monoisotopic (exact) mass is 376 g/mol. The number of carbonyl (C=O) groups is 3. The number of halogens is 3. The molecule has 5 unspecified atom stereocenters. The van der Waals surface area contributed by atoms with Gasteiger partial charge in [-0.2, -0.15) is 18.2 Å². The summed E-state index contributed by atoms with van der Waals surface area (Å²) < 4.78 is 37.9. The molecule has 6 atom stereocenters. The molecule has 5 aliphatic rings. The van der Waals surface area contributed by atoms with E-state index in [0.29, 0.717) is 11.8 Å². The maximum Gasteiger partial charge on any atom is 0.416 e. The number of hydrazine groups is 1. The van der Waals surface area contributed by atoms with E-state index in [1.165, 1.54) is 0 Å². The maximum atomic E-state index is 12.8. The van der Waals surface area contributed by atoms with Gasteiger partial charge in [-0.15, -0.1) is 0 Å². The maximum absolute atomic E-state index is 12.8. The summed E-state index contributed by atoms with van der Waals surface area (Å²) in [5.41, 5.74) is 1.37. The second-order valence-corrected chi connectivity index (χ2v) is 7.68. The third-order valence-corrected chi connectivity index (χ3v) is 6.35. The van der Waals surface area contributed by atoms with Crippen LogP contribution in [0.25, 0.3) is 0 Å². The highest BCUT2D eigenvalue weighted by atomic mass is 19.4. The van der Waals surface area contributed by atoms with Crippen molar-refractivity contribution >= 4 is 17.7 Å².